The lowest BCUT2D eigenvalue weighted by atomic mass is 10.6. The van der Waals surface area contributed by atoms with E-state index in [0.717, 1.165) is 12.5 Å². The van der Waals surface area contributed by atoms with E-state index in [9.17, 15) is 0 Å². The zero-order chi connectivity index (χ0) is 8.74. The molecule has 0 aliphatic carbocycles. The van der Waals surface area contributed by atoms with E-state index in [1.54, 1.807) is 21.3 Å². The van der Waals surface area contributed by atoms with Crippen molar-refractivity contribution in [2.45, 2.75) is 19.4 Å². The summed E-state index contributed by atoms with van der Waals surface area (Å²) in [5.41, 5.74) is 0. The van der Waals surface area contributed by atoms with Gasteiger partial charge in [-0.15, -0.1) is 0 Å². The highest BCUT2D eigenvalue weighted by Crippen LogP contribution is 2.07. The van der Waals surface area contributed by atoms with Gasteiger partial charge in [-0.1, -0.05) is 13.3 Å². The summed E-state index contributed by atoms with van der Waals surface area (Å²) in [5, 5.41) is 0. The van der Waals surface area contributed by atoms with Crippen LogP contribution in [0.3, 0.4) is 0 Å². The second-order valence-electron chi connectivity index (χ2n) is 2.24. The highest BCUT2D eigenvalue weighted by molar-refractivity contribution is 6.25. The molecule has 4 nitrogen and oxygen atoms in total. The Bertz CT molecular complexity index is 89.6. The molecule has 0 unspecified atom stereocenters. The van der Waals surface area contributed by atoms with Crippen molar-refractivity contribution in [2.75, 3.05) is 21.3 Å². The second kappa shape index (κ2) is 5.67. The minimum atomic E-state index is -0.511. The van der Waals surface area contributed by atoms with Gasteiger partial charge < -0.3 is 0 Å². The molecule has 0 fully saturated rings. The molecule has 0 aromatic carbocycles. The van der Waals surface area contributed by atoms with Crippen LogP contribution >= 0.6 is 0 Å². The molecule has 0 aromatic heterocycles. The van der Waals surface area contributed by atoms with Crippen molar-refractivity contribution in [3.63, 3.8) is 0 Å². The van der Waals surface area contributed by atoms with Gasteiger partial charge in [-0.2, -0.15) is 14.5 Å². The molecule has 11 heavy (non-hydrogen) atoms. The highest BCUT2D eigenvalue weighted by atomic mass is 28.2. The molecule has 0 N–H and O–H groups in total. The van der Waals surface area contributed by atoms with E-state index < -0.39 is 9.68 Å². The molecule has 0 radical (unpaired) electrons. The smallest absolute Gasteiger partial charge is 0.156 e. The Kier molecular flexibility index (Phi) is 5.70. The van der Waals surface area contributed by atoms with Crippen molar-refractivity contribution in [1.29, 1.82) is 0 Å². The lowest BCUT2D eigenvalue weighted by molar-refractivity contribution is -1.29. The molecule has 0 aliphatic heterocycles. The number of nitrogens with zero attached hydrogens (tertiary/aromatic N) is 1. The first-order valence-electron chi connectivity index (χ1n) is 3.80. The molecule has 0 aliphatic rings. The Morgan fingerprint density at radius 2 is 1.55 bits per heavy atom. The second-order valence-corrected chi connectivity index (χ2v) is 4.16. The Hall–Kier alpha value is 0.0569. The molecule has 0 saturated heterocycles. The van der Waals surface area contributed by atoms with Gasteiger partial charge >= 0.3 is 9.68 Å². The van der Waals surface area contributed by atoms with E-state index >= 15 is 0 Å². The Labute approximate surface area is 70.4 Å². The van der Waals surface area contributed by atoms with Gasteiger partial charge in [0.2, 0.25) is 0 Å². The van der Waals surface area contributed by atoms with Crippen molar-refractivity contribution in [2.24, 2.45) is 0 Å². The van der Waals surface area contributed by atoms with Crippen LogP contribution in [0.1, 0.15) is 13.3 Å². The van der Waals surface area contributed by atoms with Gasteiger partial charge in [0.1, 0.15) is 21.3 Å². The van der Waals surface area contributed by atoms with Crippen molar-refractivity contribution >= 4 is 9.68 Å². The first-order valence-corrected chi connectivity index (χ1v) is 5.43. The third-order valence-corrected chi connectivity index (χ3v) is 3.97. The number of hydrogen-bond donors (Lipinski definition) is 0. The third-order valence-electron chi connectivity index (χ3n) is 1.62. The lowest BCUT2D eigenvalue weighted by Gasteiger charge is -2.25. The number of rotatable bonds is 6. The molecule has 0 saturated carbocycles. The molecule has 0 rings (SSSR count). The third kappa shape index (κ3) is 3.30. The van der Waals surface area contributed by atoms with Crippen LogP contribution in [0.25, 0.3) is 0 Å². The number of hydrogen-bond acceptors (Lipinski definition) is 3. The zero-order valence-corrected chi connectivity index (χ0v) is 9.21. The Balaban J connectivity index is 3.84. The van der Waals surface area contributed by atoms with Gasteiger partial charge in [-0.3, -0.25) is 0 Å². The summed E-state index contributed by atoms with van der Waals surface area (Å²) in [6, 6.07) is 1.15. The van der Waals surface area contributed by atoms with E-state index in [1.165, 1.54) is 0 Å². The van der Waals surface area contributed by atoms with Gasteiger partial charge in [0.25, 0.3) is 0 Å². The fraction of sp³-hybridized carbons (Fsp3) is 1.00. The van der Waals surface area contributed by atoms with E-state index in [2.05, 4.69) is 6.92 Å². The largest absolute Gasteiger partial charge is 0.366 e. The summed E-state index contributed by atoms with van der Waals surface area (Å²) < 4.78 is -0.0478. The first-order chi connectivity index (χ1) is 5.24. The average molecular weight is 180 g/mol. The van der Waals surface area contributed by atoms with E-state index in [-0.39, 0.29) is 4.64 Å². The van der Waals surface area contributed by atoms with Crippen molar-refractivity contribution in [3.05, 3.63) is 0 Å². The van der Waals surface area contributed by atoms with Crippen LogP contribution in [0.2, 0.25) is 6.04 Å². The van der Waals surface area contributed by atoms with Crippen LogP contribution in [-0.4, -0.2) is 35.6 Å². The SMILES string of the molecule is CCC[SiH2][N+](OC)(OC)OC. The monoisotopic (exact) mass is 180 g/mol. The topological polar surface area (TPSA) is 27.7 Å². The van der Waals surface area contributed by atoms with E-state index in [0.29, 0.717) is 0 Å². The molecule has 0 aromatic rings. The fourth-order valence-corrected chi connectivity index (χ4v) is 2.10. The molecule has 0 atom stereocenters. The molecule has 0 amide bonds. The molecule has 0 heterocycles. The van der Waals surface area contributed by atoms with Crippen LogP contribution in [0, 0.1) is 0 Å². The first kappa shape index (κ1) is 11.1. The van der Waals surface area contributed by atoms with Gasteiger partial charge in [0, 0.05) is 4.64 Å². The summed E-state index contributed by atoms with van der Waals surface area (Å²) in [4.78, 5) is 15.3. The number of quaternary nitrogens is 1. The predicted molar refractivity (Wildman–Crippen MR) is 44.9 cm³/mol. The molecular formula is C6H18NO3Si+. The minimum Gasteiger partial charge on any atom is -0.156 e. The van der Waals surface area contributed by atoms with Gasteiger partial charge in [0.15, 0.2) is 0 Å². The van der Waals surface area contributed by atoms with Crippen molar-refractivity contribution in [1.82, 2.24) is 0 Å². The van der Waals surface area contributed by atoms with E-state index in [4.69, 9.17) is 14.5 Å². The van der Waals surface area contributed by atoms with Gasteiger partial charge in [-0.05, 0) is 6.04 Å². The maximum absolute atomic E-state index is 5.09. The molecule has 5 heteroatoms. The van der Waals surface area contributed by atoms with Crippen molar-refractivity contribution < 1.29 is 19.2 Å². The van der Waals surface area contributed by atoms with E-state index in [1.807, 2.05) is 0 Å². The maximum Gasteiger partial charge on any atom is 0.366 e. The zero-order valence-electron chi connectivity index (χ0n) is 7.79. The Morgan fingerprint density at radius 1 is 1.09 bits per heavy atom. The lowest BCUT2D eigenvalue weighted by Crippen LogP contribution is -2.47. The van der Waals surface area contributed by atoms with Crippen LogP contribution in [0.4, 0.5) is 0 Å². The Morgan fingerprint density at radius 3 is 1.82 bits per heavy atom. The minimum absolute atomic E-state index is 0.0478. The normalized spacial score (nSPS) is 13.1. The molecule has 0 spiro atoms. The summed E-state index contributed by atoms with van der Waals surface area (Å²) in [6.07, 6.45) is 1.16. The summed E-state index contributed by atoms with van der Waals surface area (Å²) >= 11 is 0. The summed E-state index contributed by atoms with van der Waals surface area (Å²) in [7, 11) is 4.27. The quantitative estimate of drug-likeness (QED) is 0.437. The van der Waals surface area contributed by atoms with Crippen LogP contribution in [-0.2, 0) is 14.5 Å². The predicted octanol–water partition coefficient (Wildman–Crippen LogP) is 0.399. The van der Waals surface area contributed by atoms with Crippen LogP contribution < -0.4 is 0 Å². The molecule has 68 valence electrons. The van der Waals surface area contributed by atoms with Crippen LogP contribution in [0.5, 0.6) is 0 Å². The fourth-order valence-electron chi connectivity index (χ4n) is 0.849. The van der Waals surface area contributed by atoms with Crippen LogP contribution in [0.15, 0.2) is 0 Å². The average Bonchev–Trinajstić information content (AvgIpc) is 2.08. The maximum atomic E-state index is 5.09. The highest BCUT2D eigenvalue weighted by Gasteiger charge is 2.29. The standard InChI is InChI=1S/C6H18NO3Si/c1-5-6-11-7(8-2,9-3)10-4/h5-6,11H2,1-4H3/q+1. The summed E-state index contributed by atoms with van der Waals surface area (Å²) in [5.74, 6) is 0. The van der Waals surface area contributed by atoms with Gasteiger partial charge in [0.05, 0.1) is 0 Å². The molecular weight excluding hydrogens is 162 g/mol. The van der Waals surface area contributed by atoms with Gasteiger partial charge in [-0.25, -0.2) is 0 Å². The summed E-state index contributed by atoms with van der Waals surface area (Å²) in [6.45, 7) is 2.14. The van der Waals surface area contributed by atoms with Crippen molar-refractivity contribution in [3.8, 4) is 0 Å². The molecule has 0 bridgehead atoms.